The first-order chi connectivity index (χ1) is 12.5. The number of benzene rings is 1. The molecule has 0 aliphatic heterocycles. The summed E-state index contributed by atoms with van der Waals surface area (Å²) in [6.07, 6.45) is 1.92. The van der Waals surface area contributed by atoms with Gasteiger partial charge in [-0.15, -0.1) is 24.0 Å². The van der Waals surface area contributed by atoms with Crippen LogP contribution in [0, 0.1) is 20.8 Å². The smallest absolute Gasteiger partial charge is 0.190 e. The summed E-state index contributed by atoms with van der Waals surface area (Å²) in [6.45, 7) is 8.76. The standard InChI is InChI=1S/C20H31N5O.HI/c1-15-7-8-18(14-19(15)26-5)9-11-23-20(21-4)22-10-6-12-25-17(3)13-16(2)24-25;/h7-8,13-14H,6,9-12H2,1-5H3,(H2,21,22,23);1H. The second-order valence-electron chi connectivity index (χ2n) is 6.48. The van der Waals surface area contributed by atoms with Crippen LogP contribution in [0.4, 0.5) is 0 Å². The van der Waals surface area contributed by atoms with Crippen LogP contribution in [0.25, 0.3) is 0 Å². The number of rotatable bonds is 8. The summed E-state index contributed by atoms with van der Waals surface area (Å²) in [6, 6.07) is 8.44. The van der Waals surface area contributed by atoms with Crippen molar-refractivity contribution in [1.29, 1.82) is 0 Å². The van der Waals surface area contributed by atoms with Crippen molar-refractivity contribution in [2.45, 2.75) is 40.2 Å². The highest BCUT2D eigenvalue weighted by atomic mass is 127. The number of hydrogen-bond acceptors (Lipinski definition) is 3. The zero-order chi connectivity index (χ0) is 18.9. The van der Waals surface area contributed by atoms with Crippen LogP contribution in [0.1, 0.15) is 28.9 Å². The van der Waals surface area contributed by atoms with E-state index in [-0.39, 0.29) is 24.0 Å². The van der Waals surface area contributed by atoms with E-state index in [1.165, 1.54) is 11.3 Å². The van der Waals surface area contributed by atoms with E-state index in [9.17, 15) is 0 Å². The molecule has 1 aromatic carbocycles. The third kappa shape index (κ3) is 7.40. The van der Waals surface area contributed by atoms with E-state index in [1.807, 2.05) is 6.92 Å². The summed E-state index contributed by atoms with van der Waals surface area (Å²) in [5.41, 5.74) is 4.68. The molecule has 0 bridgehead atoms. The molecule has 2 aromatic rings. The van der Waals surface area contributed by atoms with Crippen LogP contribution < -0.4 is 15.4 Å². The van der Waals surface area contributed by atoms with E-state index in [0.717, 1.165) is 55.4 Å². The molecule has 150 valence electrons. The van der Waals surface area contributed by atoms with Crippen molar-refractivity contribution < 1.29 is 4.74 Å². The molecule has 0 unspecified atom stereocenters. The van der Waals surface area contributed by atoms with Crippen molar-refractivity contribution in [3.05, 3.63) is 46.8 Å². The van der Waals surface area contributed by atoms with Gasteiger partial charge in [-0.1, -0.05) is 12.1 Å². The topological polar surface area (TPSA) is 63.5 Å². The number of hydrogen-bond donors (Lipinski definition) is 2. The van der Waals surface area contributed by atoms with Gasteiger partial charge in [0.05, 0.1) is 12.8 Å². The van der Waals surface area contributed by atoms with Crippen molar-refractivity contribution in [3.8, 4) is 5.75 Å². The number of aromatic nitrogens is 2. The lowest BCUT2D eigenvalue weighted by atomic mass is 10.1. The van der Waals surface area contributed by atoms with Gasteiger partial charge in [0.1, 0.15) is 5.75 Å². The molecule has 0 aliphatic carbocycles. The largest absolute Gasteiger partial charge is 0.496 e. The summed E-state index contributed by atoms with van der Waals surface area (Å²) in [4.78, 5) is 4.28. The fraction of sp³-hybridized carbons (Fsp3) is 0.500. The zero-order valence-corrected chi connectivity index (χ0v) is 19.3. The van der Waals surface area contributed by atoms with Gasteiger partial charge < -0.3 is 15.4 Å². The van der Waals surface area contributed by atoms with Gasteiger partial charge in [-0.2, -0.15) is 5.10 Å². The molecule has 0 radical (unpaired) electrons. The Morgan fingerprint density at radius 2 is 1.89 bits per heavy atom. The molecular weight excluding hydrogens is 453 g/mol. The third-order valence-electron chi connectivity index (χ3n) is 4.34. The average Bonchev–Trinajstić information content (AvgIpc) is 2.95. The lowest BCUT2D eigenvalue weighted by Crippen LogP contribution is -2.39. The van der Waals surface area contributed by atoms with Gasteiger partial charge in [-0.25, -0.2) is 0 Å². The summed E-state index contributed by atoms with van der Waals surface area (Å²) in [5.74, 6) is 1.77. The van der Waals surface area contributed by atoms with Crippen LogP contribution in [0.5, 0.6) is 5.75 Å². The second kappa shape index (κ2) is 11.8. The Balaban J connectivity index is 0.00000364. The highest BCUT2D eigenvalue weighted by Gasteiger charge is 2.03. The van der Waals surface area contributed by atoms with Gasteiger partial charge in [-0.3, -0.25) is 9.67 Å². The zero-order valence-electron chi connectivity index (χ0n) is 17.0. The van der Waals surface area contributed by atoms with Gasteiger partial charge in [0, 0.05) is 32.4 Å². The number of methoxy groups -OCH3 is 1. The second-order valence-corrected chi connectivity index (χ2v) is 6.48. The third-order valence-corrected chi connectivity index (χ3v) is 4.34. The number of ether oxygens (including phenoxy) is 1. The van der Waals surface area contributed by atoms with E-state index in [0.29, 0.717) is 0 Å². The number of nitrogens with one attached hydrogen (secondary N) is 2. The van der Waals surface area contributed by atoms with Crippen molar-refractivity contribution in [2.75, 3.05) is 27.2 Å². The molecule has 6 nitrogen and oxygen atoms in total. The molecule has 0 saturated carbocycles. The van der Waals surface area contributed by atoms with Crippen LogP contribution >= 0.6 is 24.0 Å². The number of aliphatic imine (C=N–C) groups is 1. The minimum absolute atomic E-state index is 0. The number of aryl methyl sites for hydroxylation is 4. The van der Waals surface area contributed by atoms with E-state index in [1.54, 1.807) is 14.2 Å². The van der Waals surface area contributed by atoms with Crippen molar-refractivity contribution in [1.82, 2.24) is 20.4 Å². The minimum atomic E-state index is 0. The maximum absolute atomic E-state index is 5.38. The number of guanidine groups is 1. The Morgan fingerprint density at radius 1 is 1.15 bits per heavy atom. The maximum Gasteiger partial charge on any atom is 0.190 e. The Labute approximate surface area is 179 Å². The first-order valence-corrected chi connectivity index (χ1v) is 9.12. The van der Waals surface area contributed by atoms with Crippen LogP contribution in [-0.2, 0) is 13.0 Å². The summed E-state index contributed by atoms with van der Waals surface area (Å²) < 4.78 is 7.44. The van der Waals surface area contributed by atoms with Crippen molar-refractivity contribution >= 4 is 29.9 Å². The molecule has 2 N–H and O–H groups in total. The van der Waals surface area contributed by atoms with Gasteiger partial charge in [0.25, 0.3) is 0 Å². The summed E-state index contributed by atoms with van der Waals surface area (Å²) >= 11 is 0. The molecule has 0 aliphatic rings. The minimum Gasteiger partial charge on any atom is -0.496 e. The lowest BCUT2D eigenvalue weighted by molar-refractivity contribution is 0.411. The fourth-order valence-corrected chi connectivity index (χ4v) is 2.90. The molecule has 0 amide bonds. The molecule has 2 rings (SSSR count). The van der Waals surface area contributed by atoms with Crippen LogP contribution in [0.15, 0.2) is 29.3 Å². The molecule has 0 spiro atoms. The average molecular weight is 485 g/mol. The lowest BCUT2D eigenvalue weighted by Gasteiger charge is -2.13. The molecule has 1 heterocycles. The SMILES string of the molecule is CN=C(NCCCn1nc(C)cc1C)NCCc1ccc(C)c(OC)c1.I. The molecule has 0 saturated heterocycles. The highest BCUT2D eigenvalue weighted by Crippen LogP contribution is 2.18. The summed E-state index contributed by atoms with van der Waals surface area (Å²) in [5, 5.41) is 11.2. The van der Waals surface area contributed by atoms with E-state index in [2.05, 4.69) is 63.5 Å². The first-order valence-electron chi connectivity index (χ1n) is 9.12. The van der Waals surface area contributed by atoms with Gasteiger partial charge >= 0.3 is 0 Å². The number of halogens is 1. The van der Waals surface area contributed by atoms with E-state index in [4.69, 9.17) is 4.74 Å². The maximum atomic E-state index is 5.38. The van der Waals surface area contributed by atoms with Gasteiger partial charge in [-0.05, 0) is 56.9 Å². The Morgan fingerprint density at radius 3 is 2.52 bits per heavy atom. The van der Waals surface area contributed by atoms with Crippen LogP contribution in [0.2, 0.25) is 0 Å². The quantitative estimate of drug-likeness (QED) is 0.261. The molecule has 1 aromatic heterocycles. The predicted octanol–water partition coefficient (Wildman–Crippen LogP) is 3.23. The first kappa shape index (κ1) is 23.3. The molecule has 0 fully saturated rings. The van der Waals surface area contributed by atoms with Gasteiger partial charge in [0.15, 0.2) is 5.96 Å². The van der Waals surface area contributed by atoms with E-state index >= 15 is 0 Å². The normalized spacial score (nSPS) is 11.1. The van der Waals surface area contributed by atoms with E-state index < -0.39 is 0 Å². The van der Waals surface area contributed by atoms with Crippen LogP contribution in [0.3, 0.4) is 0 Å². The van der Waals surface area contributed by atoms with Crippen LogP contribution in [-0.4, -0.2) is 43.0 Å². The molecule has 7 heteroatoms. The predicted molar refractivity (Wildman–Crippen MR) is 123 cm³/mol. The molecular formula is C20H32IN5O. The monoisotopic (exact) mass is 485 g/mol. The number of nitrogens with zero attached hydrogens (tertiary/aromatic N) is 3. The molecule has 27 heavy (non-hydrogen) atoms. The molecule has 0 atom stereocenters. The Bertz CT molecular complexity index is 742. The van der Waals surface area contributed by atoms with Gasteiger partial charge in [0.2, 0.25) is 0 Å². The van der Waals surface area contributed by atoms with Crippen molar-refractivity contribution in [2.24, 2.45) is 4.99 Å². The Kier molecular flexibility index (Phi) is 10.2. The summed E-state index contributed by atoms with van der Waals surface area (Å²) in [7, 11) is 3.51. The fourth-order valence-electron chi connectivity index (χ4n) is 2.90. The highest BCUT2D eigenvalue weighted by molar-refractivity contribution is 14.0. The van der Waals surface area contributed by atoms with Crippen molar-refractivity contribution in [3.63, 3.8) is 0 Å². The Hall–Kier alpha value is -1.77.